The Morgan fingerprint density at radius 3 is 2.78 bits per heavy atom. The molecule has 0 atom stereocenters. The minimum absolute atomic E-state index is 0.0502. The molecule has 1 aromatic heterocycles. The van der Waals surface area contributed by atoms with Crippen LogP contribution in [0, 0.1) is 24.0 Å². The van der Waals surface area contributed by atoms with E-state index in [0.717, 1.165) is 5.56 Å². The Morgan fingerprint density at radius 1 is 1.43 bits per heavy atom. The molecule has 1 heterocycles. The molecule has 122 valence electrons. The molecule has 0 fully saturated rings. The summed E-state index contributed by atoms with van der Waals surface area (Å²) in [4.78, 5) is 22.3. The zero-order valence-corrected chi connectivity index (χ0v) is 13.2. The molecule has 1 amide bonds. The van der Waals surface area contributed by atoms with Crippen molar-refractivity contribution in [1.29, 1.82) is 0 Å². The number of methoxy groups -OCH3 is 1. The first kappa shape index (κ1) is 16.5. The number of carbonyl (C=O) groups is 1. The third-order valence-corrected chi connectivity index (χ3v) is 3.31. The van der Waals surface area contributed by atoms with Crippen molar-refractivity contribution in [1.82, 2.24) is 9.78 Å². The van der Waals surface area contributed by atoms with Gasteiger partial charge in [0.05, 0.1) is 17.7 Å². The van der Waals surface area contributed by atoms with Gasteiger partial charge in [0.1, 0.15) is 17.6 Å². The number of carbonyl (C=O) groups excluding carboxylic acids is 1. The predicted octanol–water partition coefficient (Wildman–Crippen LogP) is 2.45. The third kappa shape index (κ3) is 4.06. The van der Waals surface area contributed by atoms with E-state index in [-0.39, 0.29) is 24.6 Å². The second-order valence-electron chi connectivity index (χ2n) is 5.12. The van der Waals surface area contributed by atoms with E-state index in [1.807, 2.05) is 19.1 Å². The molecule has 0 saturated carbocycles. The monoisotopic (exact) mass is 318 g/mol. The first-order valence-corrected chi connectivity index (χ1v) is 7.03. The fraction of sp³-hybridized carbons (Fsp3) is 0.333. The number of aromatic nitrogens is 2. The number of amides is 1. The highest BCUT2D eigenvalue weighted by atomic mass is 16.6. The van der Waals surface area contributed by atoms with Crippen LogP contribution >= 0.6 is 0 Å². The van der Waals surface area contributed by atoms with Gasteiger partial charge < -0.3 is 10.1 Å². The van der Waals surface area contributed by atoms with Gasteiger partial charge in [-0.25, -0.2) is 0 Å². The van der Waals surface area contributed by atoms with Crippen LogP contribution in [-0.2, 0) is 11.3 Å². The van der Waals surface area contributed by atoms with Crippen LogP contribution in [0.4, 0.5) is 11.4 Å². The van der Waals surface area contributed by atoms with E-state index in [0.29, 0.717) is 17.1 Å². The third-order valence-electron chi connectivity index (χ3n) is 3.31. The van der Waals surface area contributed by atoms with E-state index in [1.165, 1.54) is 18.0 Å². The second-order valence-corrected chi connectivity index (χ2v) is 5.12. The standard InChI is InChI=1S/C15H18N4O4/c1-10-4-5-14(23-3)12(8-10)16-15(20)6-7-18-9-13(19(21)22)11(2)17-18/h4-5,8-9H,6-7H2,1-3H3,(H,16,20). The number of aryl methyl sites for hydroxylation is 3. The fourth-order valence-electron chi connectivity index (χ4n) is 2.15. The minimum atomic E-state index is -0.490. The highest BCUT2D eigenvalue weighted by Gasteiger charge is 2.16. The summed E-state index contributed by atoms with van der Waals surface area (Å²) in [7, 11) is 1.53. The minimum Gasteiger partial charge on any atom is -0.495 e. The van der Waals surface area contributed by atoms with Crippen LogP contribution < -0.4 is 10.1 Å². The lowest BCUT2D eigenvalue weighted by atomic mass is 10.2. The molecular weight excluding hydrogens is 300 g/mol. The van der Waals surface area contributed by atoms with E-state index in [2.05, 4.69) is 10.4 Å². The van der Waals surface area contributed by atoms with Gasteiger partial charge >= 0.3 is 5.69 Å². The molecule has 23 heavy (non-hydrogen) atoms. The summed E-state index contributed by atoms with van der Waals surface area (Å²) in [6, 6.07) is 5.49. The van der Waals surface area contributed by atoms with Gasteiger partial charge in [-0.1, -0.05) is 6.07 Å². The SMILES string of the molecule is COc1ccc(C)cc1NC(=O)CCn1cc([N+](=O)[O-])c(C)n1. The molecule has 0 saturated heterocycles. The molecule has 8 nitrogen and oxygen atoms in total. The lowest BCUT2D eigenvalue weighted by molar-refractivity contribution is -0.385. The number of nitrogens with one attached hydrogen (secondary N) is 1. The molecule has 8 heteroatoms. The molecular formula is C15H18N4O4. The first-order chi connectivity index (χ1) is 10.9. The molecule has 0 aliphatic heterocycles. The molecule has 2 rings (SSSR count). The van der Waals surface area contributed by atoms with Crippen LogP contribution in [0.5, 0.6) is 5.75 Å². The van der Waals surface area contributed by atoms with Crippen molar-refractivity contribution >= 4 is 17.3 Å². The Balaban J connectivity index is 1.99. The maximum absolute atomic E-state index is 12.0. The topological polar surface area (TPSA) is 99.3 Å². The number of anilines is 1. The van der Waals surface area contributed by atoms with E-state index < -0.39 is 4.92 Å². The van der Waals surface area contributed by atoms with Crippen molar-refractivity contribution < 1.29 is 14.5 Å². The van der Waals surface area contributed by atoms with Gasteiger partial charge in [0.2, 0.25) is 5.91 Å². The van der Waals surface area contributed by atoms with Gasteiger partial charge in [0.25, 0.3) is 0 Å². The lowest BCUT2D eigenvalue weighted by Crippen LogP contribution is -2.15. The zero-order chi connectivity index (χ0) is 17.0. The Morgan fingerprint density at radius 2 is 2.17 bits per heavy atom. The Hall–Kier alpha value is -2.90. The second kappa shape index (κ2) is 6.91. The maximum Gasteiger partial charge on any atom is 0.309 e. The molecule has 1 N–H and O–H groups in total. The molecule has 2 aromatic rings. The zero-order valence-electron chi connectivity index (χ0n) is 13.2. The van der Waals surface area contributed by atoms with Gasteiger partial charge in [0.15, 0.2) is 0 Å². The summed E-state index contributed by atoms with van der Waals surface area (Å²) in [6.07, 6.45) is 1.48. The van der Waals surface area contributed by atoms with Gasteiger partial charge in [0, 0.05) is 13.0 Å². The van der Waals surface area contributed by atoms with Gasteiger partial charge in [-0.15, -0.1) is 0 Å². The van der Waals surface area contributed by atoms with E-state index in [1.54, 1.807) is 13.0 Å². The highest BCUT2D eigenvalue weighted by Crippen LogP contribution is 2.25. The van der Waals surface area contributed by atoms with Crippen LogP contribution in [0.15, 0.2) is 24.4 Å². The number of nitro groups is 1. The van der Waals surface area contributed by atoms with Crippen molar-refractivity contribution in [2.45, 2.75) is 26.8 Å². The number of hydrogen-bond acceptors (Lipinski definition) is 5. The van der Waals surface area contributed by atoms with Gasteiger partial charge in [-0.2, -0.15) is 5.10 Å². The maximum atomic E-state index is 12.0. The van der Waals surface area contributed by atoms with Crippen LogP contribution in [0.1, 0.15) is 17.7 Å². The molecule has 0 aliphatic carbocycles. The van der Waals surface area contributed by atoms with Crippen LogP contribution in [-0.4, -0.2) is 27.7 Å². The van der Waals surface area contributed by atoms with Crippen LogP contribution in [0.25, 0.3) is 0 Å². The Kier molecular flexibility index (Phi) is 4.95. The number of ether oxygens (including phenoxy) is 1. The molecule has 0 spiro atoms. The number of rotatable bonds is 6. The normalized spacial score (nSPS) is 10.4. The molecule has 0 radical (unpaired) electrons. The smallest absolute Gasteiger partial charge is 0.309 e. The van der Waals surface area contributed by atoms with Crippen LogP contribution in [0.3, 0.4) is 0 Å². The first-order valence-electron chi connectivity index (χ1n) is 7.03. The lowest BCUT2D eigenvalue weighted by Gasteiger charge is -2.11. The Bertz CT molecular complexity index is 739. The van der Waals surface area contributed by atoms with E-state index in [9.17, 15) is 14.9 Å². The summed E-state index contributed by atoms with van der Waals surface area (Å²) in [5.41, 5.74) is 1.88. The predicted molar refractivity (Wildman–Crippen MR) is 84.6 cm³/mol. The number of benzene rings is 1. The number of nitrogens with zero attached hydrogens (tertiary/aromatic N) is 3. The quantitative estimate of drug-likeness (QED) is 0.651. The fourth-order valence-corrected chi connectivity index (χ4v) is 2.15. The molecule has 0 bridgehead atoms. The average molecular weight is 318 g/mol. The van der Waals surface area contributed by atoms with Gasteiger partial charge in [-0.3, -0.25) is 19.6 Å². The molecule has 0 aliphatic rings. The van der Waals surface area contributed by atoms with Crippen molar-refractivity contribution in [3.8, 4) is 5.75 Å². The molecule has 1 aromatic carbocycles. The average Bonchev–Trinajstić information content (AvgIpc) is 2.87. The largest absolute Gasteiger partial charge is 0.495 e. The summed E-state index contributed by atoms with van der Waals surface area (Å²) in [5, 5.41) is 17.6. The summed E-state index contributed by atoms with van der Waals surface area (Å²) in [6.45, 7) is 3.74. The summed E-state index contributed by atoms with van der Waals surface area (Å²) < 4.78 is 6.61. The van der Waals surface area contributed by atoms with Crippen molar-refractivity contribution in [3.63, 3.8) is 0 Å². The summed E-state index contributed by atoms with van der Waals surface area (Å²) >= 11 is 0. The van der Waals surface area contributed by atoms with E-state index >= 15 is 0 Å². The molecule has 0 unspecified atom stereocenters. The van der Waals surface area contributed by atoms with Crippen molar-refractivity contribution in [2.75, 3.05) is 12.4 Å². The van der Waals surface area contributed by atoms with Crippen LogP contribution in [0.2, 0.25) is 0 Å². The van der Waals surface area contributed by atoms with Crippen molar-refractivity contribution in [2.24, 2.45) is 0 Å². The Labute approximate surface area is 133 Å². The van der Waals surface area contributed by atoms with E-state index in [4.69, 9.17) is 4.74 Å². The highest BCUT2D eigenvalue weighted by molar-refractivity contribution is 5.92. The number of hydrogen-bond donors (Lipinski definition) is 1. The van der Waals surface area contributed by atoms with Crippen molar-refractivity contribution in [3.05, 3.63) is 45.8 Å². The van der Waals surface area contributed by atoms with Gasteiger partial charge in [-0.05, 0) is 31.5 Å². The summed E-state index contributed by atoms with van der Waals surface area (Å²) in [5.74, 6) is 0.360.